The topological polar surface area (TPSA) is 66.5 Å². The minimum Gasteiger partial charge on any atom is -0.342 e. The van der Waals surface area contributed by atoms with Crippen LogP contribution < -0.4 is 4.72 Å². The number of nitrogens with zero attached hydrogens (tertiary/aromatic N) is 1. The number of hydrogen-bond acceptors (Lipinski definition) is 4. The van der Waals surface area contributed by atoms with Crippen LogP contribution in [0.2, 0.25) is 0 Å². The van der Waals surface area contributed by atoms with Gasteiger partial charge >= 0.3 is 0 Å². The molecule has 8 heteroatoms. The minimum atomic E-state index is -3.53. The van der Waals surface area contributed by atoms with E-state index in [1.165, 1.54) is 0 Å². The monoisotopic (exact) mass is 442 g/mol. The fraction of sp³-hybridized carbons (Fsp3) is 0.353. The third-order valence-corrected chi connectivity index (χ3v) is 7.14. The number of halogens is 1. The number of rotatable bonds is 5. The van der Waals surface area contributed by atoms with E-state index in [1.54, 1.807) is 35.6 Å². The van der Waals surface area contributed by atoms with E-state index in [1.807, 2.05) is 22.4 Å². The Morgan fingerprint density at radius 1 is 1.20 bits per heavy atom. The van der Waals surface area contributed by atoms with Gasteiger partial charge in [-0.2, -0.15) is 0 Å². The summed E-state index contributed by atoms with van der Waals surface area (Å²) >= 11 is 4.88. The Morgan fingerprint density at radius 2 is 1.88 bits per heavy atom. The molecule has 1 fully saturated rings. The third-order valence-electron chi connectivity index (χ3n) is 4.20. The number of benzene rings is 1. The molecule has 25 heavy (non-hydrogen) atoms. The number of piperidine rings is 1. The molecule has 5 nitrogen and oxygen atoms in total. The van der Waals surface area contributed by atoms with Gasteiger partial charge in [0.15, 0.2) is 0 Å². The summed E-state index contributed by atoms with van der Waals surface area (Å²) in [5, 5.41) is 1.96. The Hall–Kier alpha value is -1.22. The summed E-state index contributed by atoms with van der Waals surface area (Å²) in [6, 6.07) is 10.3. The molecular formula is C17H19BrN2O3S2. The normalized spacial score (nSPS) is 16.1. The maximum atomic E-state index is 12.4. The highest BCUT2D eigenvalue weighted by Gasteiger charge is 2.26. The van der Waals surface area contributed by atoms with E-state index in [2.05, 4.69) is 20.7 Å². The van der Waals surface area contributed by atoms with Crippen molar-refractivity contribution in [3.05, 3.63) is 51.1 Å². The average molecular weight is 443 g/mol. The van der Waals surface area contributed by atoms with Crippen molar-refractivity contribution in [2.45, 2.75) is 30.2 Å². The first-order valence-electron chi connectivity index (χ1n) is 8.02. The molecule has 0 saturated carbocycles. The van der Waals surface area contributed by atoms with Gasteiger partial charge in [-0.3, -0.25) is 4.79 Å². The lowest BCUT2D eigenvalue weighted by atomic mass is 10.1. The molecule has 134 valence electrons. The van der Waals surface area contributed by atoms with Gasteiger partial charge in [0.25, 0.3) is 0 Å². The highest BCUT2D eigenvalue weighted by atomic mass is 79.9. The van der Waals surface area contributed by atoms with Crippen LogP contribution >= 0.6 is 27.3 Å². The summed E-state index contributed by atoms with van der Waals surface area (Å²) in [7, 11) is -3.53. The molecular weight excluding hydrogens is 424 g/mol. The van der Waals surface area contributed by atoms with E-state index < -0.39 is 10.0 Å². The van der Waals surface area contributed by atoms with Crippen LogP contribution in [0.1, 0.15) is 17.7 Å². The number of carbonyl (C=O) groups excluding carboxylic acids is 1. The van der Waals surface area contributed by atoms with Crippen molar-refractivity contribution < 1.29 is 13.2 Å². The Kier molecular flexibility index (Phi) is 5.93. The van der Waals surface area contributed by atoms with Crippen molar-refractivity contribution in [1.82, 2.24) is 9.62 Å². The van der Waals surface area contributed by atoms with Gasteiger partial charge in [-0.15, -0.1) is 11.3 Å². The Labute approximate surface area is 160 Å². The van der Waals surface area contributed by atoms with Gasteiger partial charge < -0.3 is 4.90 Å². The predicted octanol–water partition coefficient (Wildman–Crippen LogP) is 3.02. The fourth-order valence-corrected chi connectivity index (χ4v) is 5.09. The molecule has 2 aromatic rings. The first-order chi connectivity index (χ1) is 11.9. The predicted molar refractivity (Wildman–Crippen MR) is 102 cm³/mol. The van der Waals surface area contributed by atoms with Gasteiger partial charge in [-0.05, 0) is 48.6 Å². The van der Waals surface area contributed by atoms with Crippen LogP contribution in [0.15, 0.2) is 51.1 Å². The third kappa shape index (κ3) is 4.91. The molecule has 1 aliphatic rings. The van der Waals surface area contributed by atoms with Gasteiger partial charge in [0.2, 0.25) is 15.9 Å². The average Bonchev–Trinajstić information content (AvgIpc) is 3.08. The Bertz CT molecular complexity index is 812. The van der Waals surface area contributed by atoms with E-state index in [4.69, 9.17) is 0 Å². The molecule has 0 bridgehead atoms. The first kappa shape index (κ1) is 18.6. The molecule has 0 aliphatic carbocycles. The van der Waals surface area contributed by atoms with Crippen LogP contribution in [0.5, 0.6) is 0 Å². The van der Waals surface area contributed by atoms with E-state index >= 15 is 0 Å². The van der Waals surface area contributed by atoms with Crippen LogP contribution in [0.3, 0.4) is 0 Å². The van der Waals surface area contributed by atoms with Crippen LogP contribution in [-0.2, 0) is 21.2 Å². The van der Waals surface area contributed by atoms with E-state index in [9.17, 15) is 13.2 Å². The highest BCUT2D eigenvalue weighted by Crippen LogP contribution is 2.18. The molecule has 2 heterocycles. The summed E-state index contributed by atoms with van der Waals surface area (Å²) in [5.74, 6) is 0.108. The SMILES string of the molecule is O=C(Cc1cccs1)N1CCC(NS(=O)(=O)c2ccc(Br)cc2)CC1. The number of thiophene rings is 1. The molecule has 0 unspecified atom stereocenters. The van der Waals surface area contributed by atoms with E-state index in [-0.39, 0.29) is 16.8 Å². The number of sulfonamides is 1. The van der Waals surface area contributed by atoms with Crippen LogP contribution in [0.25, 0.3) is 0 Å². The van der Waals surface area contributed by atoms with Gasteiger partial charge in [-0.1, -0.05) is 22.0 Å². The Balaban J connectivity index is 1.53. The van der Waals surface area contributed by atoms with Gasteiger partial charge in [-0.25, -0.2) is 13.1 Å². The van der Waals surface area contributed by atoms with Gasteiger partial charge in [0, 0.05) is 28.5 Å². The van der Waals surface area contributed by atoms with Crippen molar-refractivity contribution in [3.63, 3.8) is 0 Å². The second-order valence-corrected chi connectivity index (χ2v) is 9.65. The first-order valence-corrected chi connectivity index (χ1v) is 11.2. The molecule has 0 atom stereocenters. The molecule has 1 N–H and O–H groups in total. The van der Waals surface area contributed by atoms with E-state index in [0.29, 0.717) is 32.4 Å². The zero-order chi connectivity index (χ0) is 17.9. The standard InChI is InChI=1S/C17H19BrN2O3S2/c18-13-3-5-16(6-4-13)25(22,23)19-14-7-9-20(10-8-14)17(21)12-15-2-1-11-24-15/h1-6,11,14,19H,7-10,12H2. The summed E-state index contributed by atoms with van der Waals surface area (Å²) in [6.07, 6.45) is 1.69. The van der Waals surface area contributed by atoms with Crippen LogP contribution in [0.4, 0.5) is 0 Å². The molecule has 1 amide bonds. The Morgan fingerprint density at radius 3 is 2.48 bits per heavy atom. The molecule has 1 aromatic heterocycles. The lowest BCUT2D eigenvalue weighted by Crippen LogP contribution is -2.46. The van der Waals surface area contributed by atoms with Crippen LogP contribution in [-0.4, -0.2) is 38.4 Å². The maximum Gasteiger partial charge on any atom is 0.240 e. The zero-order valence-electron chi connectivity index (χ0n) is 13.5. The largest absolute Gasteiger partial charge is 0.342 e. The number of nitrogens with one attached hydrogen (secondary N) is 1. The molecule has 3 rings (SSSR count). The van der Waals surface area contributed by atoms with Crippen molar-refractivity contribution in [3.8, 4) is 0 Å². The van der Waals surface area contributed by atoms with E-state index in [0.717, 1.165) is 9.35 Å². The van der Waals surface area contributed by atoms with Gasteiger partial charge in [0.1, 0.15) is 0 Å². The zero-order valence-corrected chi connectivity index (χ0v) is 16.7. The number of carbonyl (C=O) groups is 1. The summed E-state index contributed by atoms with van der Waals surface area (Å²) < 4.78 is 28.5. The quantitative estimate of drug-likeness (QED) is 0.773. The lowest BCUT2D eigenvalue weighted by molar-refractivity contribution is -0.131. The lowest BCUT2D eigenvalue weighted by Gasteiger charge is -2.32. The highest BCUT2D eigenvalue weighted by molar-refractivity contribution is 9.10. The van der Waals surface area contributed by atoms with Crippen molar-refractivity contribution in [2.75, 3.05) is 13.1 Å². The number of likely N-dealkylation sites (tertiary alicyclic amines) is 1. The molecule has 1 aliphatic heterocycles. The molecule has 0 radical (unpaired) electrons. The number of amides is 1. The number of hydrogen-bond donors (Lipinski definition) is 1. The van der Waals surface area contributed by atoms with Gasteiger partial charge in [0.05, 0.1) is 11.3 Å². The van der Waals surface area contributed by atoms with Crippen molar-refractivity contribution in [1.29, 1.82) is 0 Å². The summed E-state index contributed by atoms with van der Waals surface area (Å²) in [6.45, 7) is 1.16. The summed E-state index contributed by atoms with van der Waals surface area (Å²) in [5.41, 5.74) is 0. The molecule has 1 aromatic carbocycles. The fourth-order valence-electron chi connectivity index (χ4n) is 2.82. The minimum absolute atomic E-state index is 0.108. The molecule has 0 spiro atoms. The maximum absolute atomic E-state index is 12.4. The smallest absolute Gasteiger partial charge is 0.240 e. The summed E-state index contributed by atoms with van der Waals surface area (Å²) in [4.78, 5) is 15.4. The van der Waals surface area contributed by atoms with Crippen molar-refractivity contribution >= 4 is 43.2 Å². The van der Waals surface area contributed by atoms with Crippen LogP contribution in [0, 0.1) is 0 Å². The second kappa shape index (κ2) is 7.99. The van der Waals surface area contributed by atoms with Crippen molar-refractivity contribution in [2.24, 2.45) is 0 Å². The second-order valence-electron chi connectivity index (χ2n) is 5.99. The molecule has 1 saturated heterocycles.